The Kier molecular flexibility index (Phi) is 6.03. The molecule has 1 aromatic carbocycles. The van der Waals surface area contributed by atoms with E-state index in [-0.39, 0.29) is 12.5 Å². The van der Waals surface area contributed by atoms with E-state index in [0.717, 1.165) is 12.1 Å². The van der Waals surface area contributed by atoms with Crippen LogP contribution in [0.3, 0.4) is 0 Å². The highest BCUT2D eigenvalue weighted by atomic mass is 32.2. The first-order valence-corrected chi connectivity index (χ1v) is 8.68. The van der Waals surface area contributed by atoms with E-state index in [2.05, 4.69) is 4.72 Å². The van der Waals surface area contributed by atoms with E-state index in [1.165, 1.54) is 6.07 Å². The van der Waals surface area contributed by atoms with Gasteiger partial charge in [-0.2, -0.15) is 18.4 Å². The monoisotopic (exact) mass is 363 g/mol. The Morgan fingerprint density at radius 1 is 1.33 bits per heavy atom. The normalized spacial score (nSPS) is 15.1. The molecule has 5 nitrogen and oxygen atoms in total. The molecule has 0 spiro atoms. The van der Waals surface area contributed by atoms with Crippen molar-refractivity contribution >= 4 is 10.0 Å². The summed E-state index contributed by atoms with van der Waals surface area (Å²) in [5.41, 5.74) is 2.73. The molecule has 1 aromatic rings. The molecule has 0 aliphatic heterocycles. The largest absolute Gasteiger partial charge is 0.417 e. The molecule has 1 rings (SSSR count). The first-order valence-electron chi connectivity index (χ1n) is 7.20. The van der Waals surface area contributed by atoms with Gasteiger partial charge in [0.2, 0.25) is 10.0 Å². The Hall–Kier alpha value is -1.63. The maximum atomic E-state index is 13.0. The number of alkyl halides is 3. The molecule has 0 amide bonds. The van der Waals surface area contributed by atoms with Crippen molar-refractivity contribution in [3.63, 3.8) is 0 Å². The summed E-state index contributed by atoms with van der Waals surface area (Å²) in [4.78, 5) is -0.558. The third-order valence-electron chi connectivity index (χ3n) is 3.42. The van der Waals surface area contributed by atoms with Crippen LogP contribution in [0, 0.1) is 17.2 Å². The number of benzene rings is 1. The molecule has 0 fully saturated rings. The summed E-state index contributed by atoms with van der Waals surface area (Å²) in [5, 5.41) is 8.77. The van der Waals surface area contributed by atoms with Gasteiger partial charge in [-0.3, -0.25) is 0 Å². The van der Waals surface area contributed by atoms with E-state index in [9.17, 15) is 21.6 Å². The Labute approximate surface area is 139 Å². The van der Waals surface area contributed by atoms with E-state index in [1.807, 2.05) is 13.8 Å². The maximum absolute atomic E-state index is 13.0. The van der Waals surface area contributed by atoms with Gasteiger partial charge in [0.15, 0.2) is 0 Å². The van der Waals surface area contributed by atoms with Gasteiger partial charge < -0.3 is 5.73 Å². The molecular weight excluding hydrogens is 343 g/mol. The Morgan fingerprint density at radius 2 is 1.92 bits per heavy atom. The van der Waals surface area contributed by atoms with Gasteiger partial charge in [-0.15, -0.1) is 0 Å². The first kappa shape index (κ1) is 20.4. The average Bonchev–Trinajstić information content (AvgIpc) is 2.44. The van der Waals surface area contributed by atoms with Crippen molar-refractivity contribution in [3.05, 3.63) is 29.3 Å². The van der Waals surface area contributed by atoms with Crippen LogP contribution in [0.1, 0.15) is 38.3 Å². The van der Waals surface area contributed by atoms with E-state index in [4.69, 9.17) is 11.0 Å². The zero-order valence-corrected chi connectivity index (χ0v) is 14.4. The minimum atomic E-state index is -4.83. The van der Waals surface area contributed by atoms with Gasteiger partial charge in [0, 0.05) is 12.1 Å². The quantitative estimate of drug-likeness (QED) is 0.812. The van der Waals surface area contributed by atoms with Gasteiger partial charge in [0.05, 0.1) is 22.1 Å². The summed E-state index contributed by atoms with van der Waals surface area (Å²) < 4.78 is 66.3. The van der Waals surface area contributed by atoms with Crippen LogP contribution in [0.25, 0.3) is 0 Å². The van der Waals surface area contributed by atoms with Crippen molar-refractivity contribution in [2.45, 2.75) is 43.8 Å². The number of nitrogens with one attached hydrogen (secondary N) is 1. The Bertz CT molecular complexity index is 739. The number of nitriles is 1. The molecule has 0 saturated heterocycles. The smallest absolute Gasteiger partial charge is 0.329 e. The Balaban J connectivity index is 3.32. The molecule has 0 saturated carbocycles. The molecule has 0 radical (unpaired) electrons. The second-order valence-corrected chi connectivity index (χ2v) is 7.97. The molecule has 0 aliphatic carbocycles. The van der Waals surface area contributed by atoms with Gasteiger partial charge >= 0.3 is 6.18 Å². The number of nitrogens with two attached hydrogens (primary N) is 1. The van der Waals surface area contributed by atoms with E-state index in [1.54, 1.807) is 6.92 Å². The highest BCUT2D eigenvalue weighted by Crippen LogP contribution is 2.33. The molecule has 9 heteroatoms. The second-order valence-electron chi connectivity index (χ2n) is 6.29. The lowest BCUT2D eigenvalue weighted by Crippen LogP contribution is -2.52. The molecule has 3 N–H and O–H groups in total. The number of hydrogen-bond acceptors (Lipinski definition) is 4. The van der Waals surface area contributed by atoms with Crippen molar-refractivity contribution in [1.82, 2.24) is 4.72 Å². The van der Waals surface area contributed by atoms with Crippen molar-refractivity contribution in [2.24, 2.45) is 11.7 Å². The molecule has 0 aliphatic rings. The zero-order valence-electron chi connectivity index (χ0n) is 13.6. The van der Waals surface area contributed by atoms with Crippen molar-refractivity contribution < 1.29 is 21.6 Å². The lowest BCUT2D eigenvalue weighted by Gasteiger charge is -2.30. The van der Waals surface area contributed by atoms with Crippen LogP contribution in [0.15, 0.2) is 23.1 Å². The van der Waals surface area contributed by atoms with Crippen LogP contribution in [0.2, 0.25) is 0 Å². The predicted octanol–water partition coefficient (Wildman–Crippen LogP) is 2.62. The molecule has 24 heavy (non-hydrogen) atoms. The predicted molar refractivity (Wildman–Crippen MR) is 83.4 cm³/mol. The van der Waals surface area contributed by atoms with E-state index in [0.29, 0.717) is 12.5 Å². The molecule has 134 valence electrons. The molecular formula is C15H20F3N3O2S. The molecule has 1 unspecified atom stereocenters. The fourth-order valence-electron chi connectivity index (χ4n) is 2.47. The Morgan fingerprint density at radius 3 is 2.33 bits per heavy atom. The third-order valence-corrected chi connectivity index (χ3v) is 5.05. The highest BCUT2D eigenvalue weighted by Gasteiger charge is 2.36. The van der Waals surface area contributed by atoms with Gasteiger partial charge in [0.25, 0.3) is 0 Å². The van der Waals surface area contributed by atoms with Crippen LogP contribution in [0.5, 0.6) is 0 Å². The number of halogens is 3. The summed E-state index contributed by atoms with van der Waals surface area (Å²) in [6.07, 6.45) is -4.41. The zero-order chi connectivity index (χ0) is 18.8. The number of nitrogens with zero attached hydrogens (tertiary/aromatic N) is 1. The minimum absolute atomic E-state index is 0.00713. The van der Waals surface area contributed by atoms with Crippen molar-refractivity contribution in [3.8, 4) is 6.07 Å². The van der Waals surface area contributed by atoms with Crippen molar-refractivity contribution in [2.75, 3.05) is 6.54 Å². The fraction of sp³-hybridized carbons (Fsp3) is 0.533. The molecule has 0 aromatic heterocycles. The van der Waals surface area contributed by atoms with Crippen LogP contribution in [-0.4, -0.2) is 20.5 Å². The van der Waals surface area contributed by atoms with E-state index >= 15 is 0 Å². The lowest BCUT2D eigenvalue weighted by molar-refractivity contribution is -0.137. The second kappa shape index (κ2) is 7.09. The summed E-state index contributed by atoms with van der Waals surface area (Å²) >= 11 is 0. The SMILES string of the molecule is CC(C)CC(C)(CN)NS(=O)(=O)c1ccc(C#N)c(C(F)(F)F)c1. The number of sulfonamides is 1. The highest BCUT2D eigenvalue weighted by molar-refractivity contribution is 7.89. The first-order chi connectivity index (χ1) is 10.8. The molecule has 1 atom stereocenters. The van der Waals surface area contributed by atoms with Crippen molar-refractivity contribution in [1.29, 1.82) is 5.26 Å². The summed E-state index contributed by atoms with van der Waals surface area (Å²) in [6, 6.07) is 3.70. The molecule has 0 bridgehead atoms. The number of rotatable bonds is 6. The van der Waals surface area contributed by atoms with Gasteiger partial charge in [-0.25, -0.2) is 13.1 Å². The summed E-state index contributed by atoms with van der Waals surface area (Å²) in [7, 11) is -4.22. The number of hydrogen-bond donors (Lipinski definition) is 2. The lowest BCUT2D eigenvalue weighted by atomic mass is 9.92. The van der Waals surface area contributed by atoms with Crippen LogP contribution < -0.4 is 10.5 Å². The van der Waals surface area contributed by atoms with Crippen LogP contribution in [0.4, 0.5) is 13.2 Å². The topological polar surface area (TPSA) is 96.0 Å². The fourth-order valence-corrected chi connectivity index (χ4v) is 3.93. The standard InChI is InChI=1S/C15H20F3N3O2S/c1-10(2)7-14(3,9-20)21-24(22,23)12-5-4-11(8-19)13(6-12)15(16,17)18/h4-6,10,21H,7,9,20H2,1-3H3. The molecule has 0 heterocycles. The van der Waals surface area contributed by atoms with Gasteiger partial charge in [0.1, 0.15) is 0 Å². The summed E-state index contributed by atoms with van der Waals surface area (Å²) in [5.74, 6) is 0.132. The van der Waals surface area contributed by atoms with Gasteiger partial charge in [-0.05, 0) is 37.5 Å². The van der Waals surface area contributed by atoms with Crippen LogP contribution in [-0.2, 0) is 16.2 Å². The summed E-state index contributed by atoms with van der Waals surface area (Å²) in [6.45, 7) is 5.35. The van der Waals surface area contributed by atoms with Gasteiger partial charge in [-0.1, -0.05) is 13.8 Å². The van der Waals surface area contributed by atoms with Crippen LogP contribution >= 0.6 is 0 Å². The maximum Gasteiger partial charge on any atom is 0.417 e. The minimum Gasteiger partial charge on any atom is -0.329 e. The van der Waals surface area contributed by atoms with E-state index < -0.39 is 37.8 Å². The average molecular weight is 363 g/mol. The third kappa shape index (κ3) is 4.93.